The number of nitrogens with zero attached hydrogens (tertiary/aromatic N) is 4. The third-order valence-corrected chi connectivity index (χ3v) is 5.73. The van der Waals surface area contributed by atoms with E-state index in [-0.39, 0.29) is 19.9 Å². The van der Waals surface area contributed by atoms with E-state index >= 15 is 0 Å². The highest BCUT2D eigenvalue weighted by Crippen LogP contribution is 2.29. The number of anilines is 1. The quantitative estimate of drug-likeness (QED) is 0.518. The number of nitrogens with two attached hydrogens (primary N) is 1. The number of benzene rings is 1. The van der Waals surface area contributed by atoms with Crippen LogP contribution in [-0.4, -0.2) is 45.7 Å². The zero-order valence-electron chi connectivity index (χ0n) is 18.4. The van der Waals surface area contributed by atoms with Crippen LogP contribution in [0.2, 0.25) is 5.02 Å². The molecule has 1 aromatic carbocycles. The van der Waals surface area contributed by atoms with Gasteiger partial charge in [-0.1, -0.05) is 49.4 Å². The second-order valence-corrected chi connectivity index (χ2v) is 9.17. The van der Waals surface area contributed by atoms with E-state index in [2.05, 4.69) is 20.4 Å². The maximum absolute atomic E-state index is 12.7. The summed E-state index contributed by atoms with van der Waals surface area (Å²) in [5.41, 5.74) is 7.68. The summed E-state index contributed by atoms with van der Waals surface area (Å²) >= 11 is 6.46. The molecule has 178 valence electrons. The predicted molar refractivity (Wildman–Crippen MR) is 131 cm³/mol. The highest BCUT2D eigenvalue weighted by Gasteiger charge is 2.29. The second-order valence-electron chi connectivity index (χ2n) is 8.74. The molecule has 8 nitrogen and oxygen atoms in total. The standard InChI is InChI=1S/C23H29ClN6O2.CH4/c1-23(2,25)22(31)26-18(15-32-14-16-8-4-3-5-9-16)20-27-28-21-19(29-10-6-7-11-29)12-17(24)13-30(20)21;/h3-5,8-9,12-13,18H,6-7,10-11,14-15,25H2,1-2H3,(H,26,31);1H4/t18-;/m1./s1. The number of carbonyl (C=O) groups is 1. The number of ether oxygens (including phenoxy) is 1. The van der Waals surface area contributed by atoms with Crippen LogP contribution in [0, 0.1) is 0 Å². The van der Waals surface area contributed by atoms with Crippen molar-refractivity contribution in [3.63, 3.8) is 0 Å². The van der Waals surface area contributed by atoms with Crippen molar-refractivity contribution in [2.24, 2.45) is 5.73 Å². The highest BCUT2D eigenvalue weighted by molar-refractivity contribution is 6.30. The predicted octanol–water partition coefficient (Wildman–Crippen LogP) is 3.73. The molecule has 0 bridgehead atoms. The Labute approximate surface area is 200 Å². The third-order valence-electron chi connectivity index (χ3n) is 5.52. The van der Waals surface area contributed by atoms with Gasteiger partial charge < -0.3 is 20.7 Å². The zero-order chi connectivity index (χ0) is 22.7. The molecule has 4 rings (SSSR count). The molecule has 1 aliphatic heterocycles. The van der Waals surface area contributed by atoms with Gasteiger partial charge in [0.25, 0.3) is 0 Å². The van der Waals surface area contributed by atoms with Gasteiger partial charge in [0.2, 0.25) is 5.91 Å². The molecule has 9 heteroatoms. The first-order valence-corrected chi connectivity index (χ1v) is 11.2. The van der Waals surface area contributed by atoms with Crippen molar-refractivity contribution >= 4 is 28.8 Å². The number of halogens is 1. The molecular weight excluding hydrogens is 440 g/mol. The molecule has 3 heterocycles. The number of amides is 1. The lowest BCUT2D eigenvalue weighted by Crippen LogP contribution is -2.50. The SMILES string of the molecule is C.CC(C)(N)C(=O)N[C@H](COCc1ccccc1)c1nnc2c(N3CCCC3)cc(Cl)cn12. The lowest BCUT2D eigenvalue weighted by Gasteiger charge is -2.24. The van der Waals surface area contributed by atoms with Crippen LogP contribution in [-0.2, 0) is 16.1 Å². The van der Waals surface area contributed by atoms with Gasteiger partial charge in [-0.25, -0.2) is 0 Å². The van der Waals surface area contributed by atoms with Gasteiger partial charge in [0.15, 0.2) is 11.5 Å². The molecule has 2 aromatic heterocycles. The Morgan fingerprint density at radius 1 is 1.24 bits per heavy atom. The molecule has 0 spiro atoms. The van der Waals surface area contributed by atoms with Crippen LogP contribution in [0.1, 0.15) is 51.5 Å². The van der Waals surface area contributed by atoms with E-state index < -0.39 is 11.6 Å². The molecule has 1 aliphatic rings. The van der Waals surface area contributed by atoms with E-state index in [4.69, 9.17) is 22.1 Å². The Kier molecular flexibility index (Phi) is 7.94. The topological polar surface area (TPSA) is 97.8 Å². The van der Waals surface area contributed by atoms with Crippen molar-refractivity contribution < 1.29 is 9.53 Å². The summed E-state index contributed by atoms with van der Waals surface area (Å²) in [6.45, 7) is 5.86. The Morgan fingerprint density at radius 3 is 2.61 bits per heavy atom. The summed E-state index contributed by atoms with van der Waals surface area (Å²) in [4.78, 5) is 15.0. The number of nitrogens with one attached hydrogen (secondary N) is 1. The van der Waals surface area contributed by atoms with Crippen LogP contribution in [0.3, 0.4) is 0 Å². The van der Waals surface area contributed by atoms with E-state index in [1.807, 2.05) is 40.8 Å². The van der Waals surface area contributed by atoms with Gasteiger partial charge in [-0.05, 0) is 38.3 Å². The van der Waals surface area contributed by atoms with Gasteiger partial charge in [-0.2, -0.15) is 0 Å². The van der Waals surface area contributed by atoms with Crippen LogP contribution in [0.15, 0.2) is 42.6 Å². The van der Waals surface area contributed by atoms with E-state index in [0.29, 0.717) is 23.1 Å². The Balaban J connectivity index is 0.00000306. The minimum Gasteiger partial charge on any atom is -0.374 e. The number of rotatable bonds is 8. The Morgan fingerprint density at radius 2 is 1.94 bits per heavy atom. The zero-order valence-corrected chi connectivity index (χ0v) is 19.2. The lowest BCUT2D eigenvalue weighted by atomic mass is 10.1. The minimum absolute atomic E-state index is 0. The van der Waals surface area contributed by atoms with Crippen molar-refractivity contribution in [3.8, 4) is 0 Å². The smallest absolute Gasteiger partial charge is 0.240 e. The van der Waals surface area contributed by atoms with Crippen LogP contribution >= 0.6 is 11.6 Å². The molecule has 1 atom stereocenters. The number of pyridine rings is 1. The Hall–Kier alpha value is -2.68. The minimum atomic E-state index is -1.05. The molecule has 0 unspecified atom stereocenters. The average Bonchev–Trinajstić information content (AvgIpc) is 3.43. The molecule has 33 heavy (non-hydrogen) atoms. The van der Waals surface area contributed by atoms with Gasteiger partial charge in [0.05, 0.1) is 29.5 Å². The van der Waals surface area contributed by atoms with Crippen molar-refractivity contribution in [1.29, 1.82) is 0 Å². The summed E-state index contributed by atoms with van der Waals surface area (Å²) in [6.07, 6.45) is 4.05. The van der Waals surface area contributed by atoms with Gasteiger partial charge in [-0.3, -0.25) is 9.20 Å². The summed E-state index contributed by atoms with van der Waals surface area (Å²) in [5, 5.41) is 12.4. The molecule has 1 amide bonds. The molecular formula is C24H33ClN6O2. The van der Waals surface area contributed by atoms with Gasteiger partial charge in [0, 0.05) is 19.3 Å². The van der Waals surface area contributed by atoms with E-state index in [1.165, 1.54) is 0 Å². The third kappa shape index (κ3) is 5.82. The number of aromatic nitrogens is 3. The van der Waals surface area contributed by atoms with Crippen LogP contribution < -0.4 is 16.0 Å². The first-order valence-electron chi connectivity index (χ1n) is 10.8. The molecule has 0 radical (unpaired) electrons. The first-order chi connectivity index (χ1) is 15.3. The molecule has 1 saturated heterocycles. The number of fused-ring (bicyclic) bond motifs is 1. The van der Waals surface area contributed by atoms with Crippen LogP contribution in [0.25, 0.3) is 5.65 Å². The second kappa shape index (κ2) is 10.5. The van der Waals surface area contributed by atoms with Crippen molar-refractivity contribution in [2.75, 3.05) is 24.6 Å². The lowest BCUT2D eigenvalue weighted by molar-refractivity contribution is -0.126. The molecule has 3 N–H and O–H groups in total. The fraction of sp³-hybridized carbons (Fsp3) is 0.458. The van der Waals surface area contributed by atoms with Crippen molar-refractivity contribution in [2.45, 2.75) is 52.3 Å². The van der Waals surface area contributed by atoms with Gasteiger partial charge >= 0.3 is 0 Å². The fourth-order valence-electron chi connectivity index (χ4n) is 3.78. The number of carbonyl (C=O) groups excluding carboxylic acids is 1. The maximum Gasteiger partial charge on any atom is 0.240 e. The summed E-state index contributed by atoms with van der Waals surface area (Å²) in [6, 6.07) is 11.2. The van der Waals surface area contributed by atoms with Crippen LogP contribution in [0.5, 0.6) is 0 Å². The fourth-order valence-corrected chi connectivity index (χ4v) is 3.98. The van der Waals surface area contributed by atoms with Crippen molar-refractivity contribution in [1.82, 2.24) is 19.9 Å². The molecule has 0 saturated carbocycles. The monoisotopic (exact) mass is 472 g/mol. The van der Waals surface area contributed by atoms with E-state index in [1.54, 1.807) is 20.0 Å². The van der Waals surface area contributed by atoms with E-state index in [0.717, 1.165) is 37.2 Å². The highest BCUT2D eigenvalue weighted by atomic mass is 35.5. The maximum atomic E-state index is 12.7. The number of hydrogen-bond donors (Lipinski definition) is 2. The molecule has 0 aliphatic carbocycles. The summed E-state index contributed by atoms with van der Waals surface area (Å²) in [7, 11) is 0. The van der Waals surface area contributed by atoms with Gasteiger partial charge in [0.1, 0.15) is 6.04 Å². The average molecular weight is 473 g/mol. The largest absolute Gasteiger partial charge is 0.374 e. The molecule has 3 aromatic rings. The summed E-state index contributed by atoms with van der Waals surface area (Å²) in [5.74, 6) is 0.248. The van der Waals surface area contributed by atoms with Crippen molar-refractivity contribution in [3.05, 3.63) is 59.0 Å². The number of hydrogen-bond acceptors (Lipinski definition) is 6. The van der Waals surface area contributed by atoms with E-state index in [9.17, 15) is 4.79 Å². The first kappa shape index (κ1) is 25.0. The molecule has 1 fully saturated rings. The Bertz CT molecular complexity index is 1070. The van der Waals surface area contributed by atoms with Crippen LogP contribution in [0.4, 0.5) is 5.69 Å². The summed E-state index contributed by atoms with van der Waals surface area (Å²) < 4.78 is 7.79. The normalized spacial score (nSPS) is 14.8. The van der Waals surface area contributed by atoms with Gasteiger partial charge in [-0.15, -0.1) is 10.2 Å².